The van der Waals surface area contributed by atoms with Gasteiger partial charge in [0.1, 0.15) is 17.3 Å². The highest BCUT2D eigenvalue weighted by Crippen LogP contribution is 2.25. The summed E-state index contributed by atoms with van der Waals surface area (Å²) in [6, 6.07) is 15.9. The number of ketones is 1. The number of nitrogens with zero attached hydrogens (tertiary/aromatic N) is 2. The van der Waals surface area contributed by atoms with Gasteiger partial charge in [-0.15, -0.1) is 0 Å². The summed E-state index contributed by atoms with van der Waals surface area (Å²) in [7, 11) is 5.59. The highest BCUT2D eigenvalue weighted by molar-refractivity contribution is 6.09. The molecule has 1 aliphatic rings. The van der Waals surface area contributed by atoms with Gasteiger partial charge in [0.2, 0.25) is 0 Å². The van der Waals surface area contributed by atoms with Crippen molar-refractivity contribution < 1.29 is 18.7 Å². The fourth-order valence-electron chi connectivity index (χ4n) is 3.81. The quantitative estimate of drug-likeness (QED) is 0.570. The lowest BCUT2D eigenvalue weighted by Gasteiger charge is -2.26. The van der Waals surface area contributed by atoms with Crippen LogP contribution in [-0.4, -0.2) is 49.2 Å². The third kappa shape index (κ3) is 4.54. The summed E-state index contributed by atoms with van der Waals surface area (Å²) in [6.45, 7) is 1.90. The second kappa shape index (κ2) is 8.78. The molecule has 6 nitrogen and oxygen atoms in total. The molecule has 4 rings (SSSR count). The fraction of sp³-hybridized carbons (Fsp3) is 0.280. The molecule has 31 heavy (non-hydrogen) atoms. The third-order valence-electron chi connectivity index (χ3n) is 5.42. The van der Waals surface area contributed by atoms with Gasteiger partial charge in [-0.3, -0.25) is 9.59 Å². The summed E-state index contributed by atoms with van der Waals surface area (Å²) >= 11 is 0. The van der Waals surface area contributed by atoms with Crippen molar-refractivity contribution in [1.29, 1.82) is 0 Å². The molecule has 2 heterocycles. The van der Waals surface area contributed by atoms with Crippen LogP contribution in [0, 0.1) is 0 Å². The van der Waals surface area contributed by atoms with E-state index >= 15 is 0 Å². The average molecular weight is 418 g/mol. The largest absolute Gasteiger partial charge is 0.497 e. The van der Waals surface area contributed by atoms with Crippen molar-refractivity contribution >= 4 is 11.7 Å². The summed E-state index contributed by atoms with van der Waals surface area (Å²) in [6.07, 6.45) is 0.711. The van der Waals surface area contributed by atoms with E-state index in [-0.39, 0.29) is 11.7 Å². The van der Waals surface area contributed by atoms with Crippen LogP contribution in [0.5, 0.6) is 5.75 Å². The molecule has 0 aliphatic carbocycles. The Hall–Kier alpha value is -3.38. The summed E-state index contributed by atoms with van der Waals surface area (Å²) < 4.78 is 11.1. The predicted molar refractivity (Wildman–Crippen MR) is 117 cm³/mol. The normalized spacial score (nSPS) is 13.2. The second-order valence-corrected chi connectivity index (χ2v) is 8.01. The van der Waals surface area contributed by atoms with Gasteiger partial charge in [0.25, 0.3) is 5.91 Å². The van der Waals surface area contributed by atoms with Crippen molar-refractivity contribution in [2.75, 3.05) is 27.7 Å². The van der Waals surface area contributed by atoms with Gasteiger partial charge in [0, 0.05) is 41.8 Å². The Kier molecular flexibility index (Phi) is 5.91. The summed E-state index contributed by atoms with van der Waals surface area (Å²) in [5, 5.41) is 0. The van der Waals surface area contributed by atoms with Crippen LogP contribution in [0.1, 0.15) is 43.4 Å². The molecule has 0 spiro atoms. The molecule has 0 fully saturated rings. The molecule has 0 radical (unpaired) electrons. The van der Waals surface area contributed by atoms with E-state index in [1.807, 2.05) is 25.1 Å². The van der Waals surface area contributed by atoms with Gasteiger partial charge < -0.3 is 19.0 Å². The zero-order chi connectivity index (χ0) is 22.0. The zero-order valence-electron chi connectivity index (χ0n) is 18.1. The van der Waals surface area contributed by atoms with Crippen molar-refractivity contribution in [1.82, 2.24) is 9.80 Å². The molecule has 1 amide bonds. The molecule has 0 saturated carbocycles. The molecule has 0 atom stereocenters. The second-order valence-electron chi connectivity index (χ2n) is 8.01. The van der Waals surface area contributed by atoms with Gasteiger partial charge in [0.05, 0.1) is 13.7 Å². The van der Waals surface area contributed by atoms with Gasteiger partial charge in [-0.2, -0.15) is 0 Å². The number of carbonyl (C=O) groups is 2. The number of amides is 1. The van der Waals surface area contributed by atoms with E-state index < -0.39 is 0 Å². The van der Waals surface area contributed by atoms with E-state index in [2.05, 4.69) is 4.90 Å². The number of benzene rings is 2. The Morgan fingerprint density at radius 1 is 1.00 bits per heavy atom. The summed E-state index contributed by atoms with van der Waals surface area (Å²) in [5.74, 6) is 2.47. The predicted octanol–water partition coefficient (Wildman–Crippen LogP) is 3.78. The molecular formula is C25H26N2O4. The van der Waals surface area contributed by atoms with Crippen molar-refractivity contribution in [3.05, 3.63) is 88.4 Å². The molecular weight excluding hydrogens is 392 g/mol. The Balaban J connectivity index is 1.44. The number of furan rings is 1. The number of rotatable bonds is 6. The van der Waals surface area contributed by atoms with E-state index in [0.29, 0.717) is 42.0 Å². The number of hydrogen-bond acceptors (Lipinski definition) is 5. The van der Waals surface area contributed by atoms with Crippen LogP contribution in [0.3, 0.4) is 0 Å². The minimum atomic E-state index is -0.0870. The molecule has 160 valence electrons. The van der Waals surface area contributed by atoms with E-state index in [0.717, 1.165) is 23.6 Å². The summed E-state index contributed by atoms with van der Waals surface area (Å²) in [4.78, 5) is 29.6. The van der Waals surface area contributed by atoms with Crippen molar-refractivity contribution in [3.63, 3.8) is 0 Å². The highest BCUT2D eigenvalue weighted by Gasteiger charge is 2.25. The maximum atomic E-state index is 13.0. The SMILES string of the molecule is COc1ccc(C(=O)c2ccc(C(=O)N3CCc4oc(CN(C)C)cc4C3)cc2)cc1. The topological polar surface area (TPSA) is 63.0 Å². The van der Waals surface area contributed by atoms with Crippen LogP contribution < -0.4 is 4.74 Å². The lowest BCUT2D eigenvalue weighted by atomic mass is 10.0. The highest BCUT2D eigenvalue weighted by atomic mass is 16.5. The van der Waals surface area contributed by atoms with Gasteiger partial charge in [0.15, 0.2) is 5.78 Å². The van der Waals surface area contributed by atoms with Gasteiger partial charge in [-0.25, -0.2) is 0 Å². The number of ether oxygens (including phenoxy) is 1. The monoisotopic (exact) mass is 418 g/mol. The van der Waals surface area contributed by atoms with Gasteiger partial charge >= 0.3 is 0 Å². The Morgan fingerprint density at radius 2 is 1.61 bits per heavy atom. The number of hydrogen-bond donors (Lipinski definition) is 0. The number of carbonyl (C=O) groups excluding carboxylic acids is 2. The lowest BCUT2D eigenvalue weighted by Crippen LogP contribution is -2.35. The molecule has 3 aromatic rings. The Labute approximate surface area is 182 Å². The molecule has 0 saturated heterocycles. The van der Waals surface area contributed by atoms with Crippen LogP contribution in [0.15, 0.2) is 59.0 Å². The minimum Gasteiger partial charge on any atom is -0.497 e. The third-order valence-corrected chi connectivity index (χ3v) is 5.42. The maximum Gasteiger partial charge on any atom is 0.254 e. The Morgan fingerprint density at radius 3 is 2.23 bits per heavy atom. The van der Waals surface area contributed by atoms with Crippen molar-refractivity contribution in [2.45, 2.75) is 19.5 Å². The first kappa shape index (κ1) is 20.9. The number of methoxy groups -OCH3 is 1. The molecule has 2 aromatic carbocycles. The first-order chi connectivity index (χ1) is 14.9. The molecule has 1 aliphatic heterocycles. The standard InChI is InChI=1S/C25H26N2O4/c1-26(2)16-22-14-20-15-27(13-12-23(20)31-22)25(29)19-6-4-17(5-7-19)24(28)18-8-10-21(30-3)11-9-18/h4-11,14H,12-13,15-16H2,1-3H3. The van der Waals surface area contributed by atoms with Crippen LogP contribution in [0.25, 0.3) is 0 Å². The lowest BCUT2D eigenvalue weighted by molar-refractivity contribution is 0.0729. The maximum absolute atomic E-state index is 13.0. The van der Waals surface area contributed by atoms with E-state index in [1.54, 1.807) is 55.6 Å². The first-order valence-corrected chi connectivity index (χ1v) is 10.3. The van der Waals surface area contributed by atoms with Crippen LogP contribution in [0.4, 0.5) is 0 Å². The average Bonchev–Trinajstić information content (AvgIpc) is 3.19. The summed E-state index contributed by atoms with van der Waals surface area (Å²) in [5.41, 5.74) is 2.78. The minimum absolute atomic E-state index is 0.0375. The van der Waals surface area contributed by atoms with E-state index in [9.17, 15) is 9.59 Å². The van der Waals surface area contributed by atoms with Gasteiger partial charge in [-0.1, -0.05) is 12.1 Å². The fourth-order valence-corrected chi connectivity index (χ4v) is 3.81. The van der Waals surface area contributed by atoms with Crippen LogP contribution in [-0.2, 0) is 19.5 Å². The first-order valence-electron chi connectivity index (χ1n) is 10.3. The van der Waals surface area contributed by atoms with Crippen LogP contribution in [0.2, 0.25) is 0 Å². The molecule has 0 N–H and O–H groups in total. The van der Waals surface area contributed by atoms with E-state index in [1.165, 1.54) is 0 Å². The van der Waals surface area contributed by atoms with Crippen molar-refractivity contribution in [2.24, 2.45) is 0 Å². The molecule has 6 heteroatoms. The van der Waals surface area contributed by atoms with Crippen molar-refractivity contribution in [3.8, 4) is 5.75 Å². The Bertz CT molecular complexity index is 1080. The molecule has 1 aromatic heterocycles. The molecule has 0 bridgehead atoms. The van der Waals surface area contributed by atoms with Gasteiger partial charge in [-0.05, 0) is 56.6 Å². The molecule has 0 unspecified atom stereocenters. The zero-order valence-corrected chi connectivity index (χ0v) is 18.1. The number of fused-ring (bicyclic) bond motifs is 1. The van der Waals surface area contributed by atoms with Crippen LogP contribution >= 0.6 is 0 Å². The smallest absolute Gasteiger partial charge is 0.254 e. The van der Waals surface area contributed by atoms with E-state index in [4.69, 9.17) is 9.15 Å².